The van der Waals surface area contributed by atoms with Gasteiger partial charge in [0.2, 0.25) is 29.5 Å². The van der Waals surface area contributed by atoms with E-state index in [2.05, 4.69) is 21.3 Å². The maximum Gasteiger partial charge on any atom is 0.329 e. The quantitative estimate of drug-likeness (QED) is 0.143. The van der Waals surface area contributed by atoms with Crippen LogP contribution >= 0.6 is 0 Å². The highest BCUT2D eigenvalue weighted by Gasteiger charge is 2.43. The summed E-state index contributed by atoms with van der Waals surface area (Å²) in [6.45, 7) is 18.2. The number of carbonyl (C=O) groups is 9. The number of aliphatic hydroxyl groups is 2. The summed E-state index contributed by atoms with van der Waals surface area (Å²) >= 11 is 0. The Morgan fingerprint density at radius 1 is 0.861 bits per heavy atom. The number of rotatable bonds is 14. The minimum absolute atomic E-state index is 0.0856. The molecule has 0 radical (unpaired) electrons. The number of hydrogen-bond donors (Lipinski definition) is 6. The van der Waals surface area contributed by atoms with Crippen LogP contribution in [0.4, 0.5) is 0 Å². The number of aliphatic hydroxyl groups excluding tert-OH is 2. The molecule has 6 N–H and O–H groups in total. The molecule has 0 aliphatic carbocycles. The Balaban J connectivity index is 2.20. The van der Waals surface area contributed by atoms with Crippen LogP contribution in [-0.4, -0.2) is 173 Å². The van der Waals surface area contributed by atoms with Gasteiger partial charge in [0.15, 0.2) is 6.10 Å². The Morgan fingerprint density at radius 3 is 2.03 bits per heavy atom. The minimum Gasteiger partial charge on any atom is -0.497 e. The third-order valence-electron chi connectivity index (χ3n) is 13.0. The molecule has 2 saturated heterocycles. The summed E-state index contributed by atoms with van der Waals surface area (Å²) in [6, 6.07) is -2.30. The molecule has 7 amide bonds. The number of methoxy groups -OCH3 is 1. The average Bonchev–Trinajstić information content (AvgIpc) is 3.80. The van der Waals surface area contributed by atoms with Crippen molar-refractivity contribution in [2.24, 2.45) is 23.7 Å². The lowest BCUT2D eigenvalue weighted by atomic mass is 9.95. The van der Waals surface area contributed by atoms with Crippen LogP contribution < -0.4 is 26.0 Å². The Bertz CT molecular complexity index is 2060. The number of hydrogen-bond acceptors (Lipinski definition) is 14. The van der Waals surface area contributed by atoms with Gasteiger partial charge in [-0.15, -0.1) is 0 Å². The van der Waals surface area contributed by atoms with Gasteiger partial charge in [-0.2, -0.15) is 0 Å². The molecule has 2 aliphatic heterocycles. The van der Waals surface area contributed by atoms with Crippen LogP contribution in [-0.2, 0) is 59.0 Å². The van der Waals surface area contributed by atoms with E-state index in [4.69, 9.17) is 14.2 Å². The number of nitrogens with zero attached hydrogens (tertiary/aromatic N) is 3. The molecule has 0 aromatic heterocycles. The second-order valence-electron chi connectivity index (χ2n) is 20.7. The van der Waals surface area contributed by atoms with Gasteiger partial charge >= 0.3 is 11.9 Å². The van der Waals surface area contributed by atoms with Gasteiger partial charge in [0.1, 0.15) is 54.2 Å². The molecule has 0 saturated carbocycles. The molecule has 404 valence electrons. The molecule has 21 heteroatoms. The number of likely N-dealkylation sites (N-methyl/N-ethyl adjacent to an activating group) is 2. The van der Waals surface area contributed by atoms with Crippen molar-refractivity contribution in [1.82, 2.24) is 36.0 Å². The van der Waals surface area contributed by atoms with Crippen LogP contribution in [0.1, 0.15) is 114 Å². The first kappa shape index (κ1) is 60.5. The van der Waals surface area contributed by atoms with Gasteiger partial charge in [-0.05, 0) is 87.8 Å². The average molecular weight is 1020 g/mol. The first-order valence-corrected chi connectivity index (χ1v) is 25.0. The lowest BCUT2D eigenvalue weighted by molar-refractivity contribution is -0.162. The minimum atomic E-state index is -1.73. The van der Waals surface area contributed by atoms with Gasteiger partial charge in [-0.1, -0.05) is 67.5 Å². The van der Waals surface area contributed by atoms with E-state index in [0.717, 1.165) is 4.90 Å². The zero-order chi connectivity index (χ0) is 54.5. The maximum atomic E-state index is 14.7. The zero-order valence-corrected chi connectivity index (χ0v) is 44.6. The number of likely N-dealkylation sites (tertiary alicyclic amines) is 1. The Morgan fingerprint density at radius 2 is 1.49 bits per heavy atom. The third-order valence-corrected chi connectivity index (χ3v) is 13.0. The second-order valence-corrected chi connectivity index (χ2v) is 20.7. The summed E-state index contributed by atoms with van der Waals surface area (Å²) < 4.78 is 17.0. The smallest absolute Gasteiger partial charge is 0.329 e. The largest absolute Gasteiger partial charge is 0.497 e. The number of esters is 2. The summed E-state index contributed by atoms with van der Waals surface area (Å²) in [5, 5.41) is 32.4. The van der Waals surface area contributed by atoms with E-state index in [1.54, 1.807) is 52.0 Å². The third kappa shape index (κ3) is 16.6. The van der Waals surface area contributed by atoms with Gasteiger partial charge in [-0.25, -0.2) is 4.79 Å². The fraction of sp³-hybridized carbons (Fsp3) is 0.706. The molecule has 2 fully saturated rings. The number of cyclic esters (lactones) is 2. The predicted octanol–water partition coefficient (Wildman–Crippen LogP) is 1.23. The molecule has 11 atom stereocenters. The van der Waals surface area contributed by atoms with Gasteiger partial charge in [0.05, 0.1) is 25.7 Å². The van der Waals surface area contributed by atoms with Crippen LogP contribution in [0.15, 0.2) is 24.3 Å². The Kier molecular flexibility index (Phi) is 22.9. The highest BCUT2D eigenvalue weighted by atomic mass is 16.6. The van der Waals surface area contributed by atoms with Crippen molar-refractivity contribution in [3.8, 4) is 5.75 Å². The molecule has 1 aromatic carbocycles. The van der Waals surface area contributed by atoms with E-state index in [-0.39, 0.29) is 44.1 Å². The molecule has 0 spiro atoms. The van der Waals surface area contributed by atoms with E-state index in [9.17, 15) is 53.4 Å². The highest BCUT2D eigenvalue weighted by Crippen LogP contribution is 2.24. The van der Waals surface area contributed by atoms with E-state index >= 15 is 0 Å². The molecule has 2 aliphatic rings. The van der Waals surface area contributed by atoms with Crippen molar-refractivity contribution in [1.29, 1.82) is 0 Å². The number of ether oxygens (including phenoxy) is 3. The Hall–Kier alpha value is -5.83. The lowest BCUT2D eigenvalue weighted by Gasteiger charge is -2.36. The van der Waals surface area contributed by atoms with Crippen molar-refractivity contribution in [3.05, 3.63) is 29.8 Å². The summed E-state index contributed by atoms with van der Waals surface area (Å²) in [4.78, 5) is 130. The molecule has 1 unspecified atom stereocenters. The van der Waals surface area contributed by atoms with Crippen molar-refractivity contribution in [3.63, 3.8) is 0 Å². The topological polar surface area (TPSA) is 280 Å². The monoisotopic (exact) mass is 1020 g/mol. The maximum absolute atomic E-state index is 14.7. The van der Waals surface area contributed by atoms with Crippen LogP contribution in [0.3, 0.4) is 0 Å². The number of nitrogens with one attached hydrogen (secondary N) is 4. The lowest BCUT2D eigenvalue weighted by Crippen LogP contribution is -2.62. The van der Waals surface area contributed by atoms with Crippen LogP contribution in [0, 0.1) is 23.7 Å². The SMILES string of the molecule is COc1ccc(C[C@H]2C(=O)O[C@H](C)[C@H](NC(=O)[C@@H](CC(C)C)N(C)C(=O)[C@@H]3CCCN3C(=O)[C@H](C)O)C(=O)N[C@H](C(C)C)[C@@H](O)CC(=O)O[C@@H](C(C)C)C(=O)N[C@@H](CC(C)C)C(=O)NC(C)C(=O)N2C)cc1. The second kappa shape index (κ2) is 27.3. The van der Waals surface area contributed by atoms with Gasteiger partial charge in [-0.3, -0.25) is 38.4 Å². The summed E-state index contributed by atoms with van der Waals surface area (Å²) in [7, 11) is 4.24. The standard InChI is InChI=1S/C51H81N7O14/c1-26(2)22-35-44(62)52-30(9)48(66)57(13)38(24-33-17-19-34(70-14)20-18-33)51(69)71-32(11)42(46(64)54-41(28(5)6)39(60)25-40(61)72-43(29(7)8)47(65)53-35)55-45(63)37(23-27(3)4)56(12)50(68)36-16-15-21-58(36)49(67)31(10)59/h17-20,26-32,35-39,41-43,59-60H,15-16,21-25H2,1-14H3,(H,52,62)(H,53,65)(H,54,64)(H,55,63)/t30?,31-,32+,35-,36-,37+,38-,39-,41+,42-,43-/m0/s1. The van der Waals surface area contributed by atoms with E-state index < -0.39 is 138 Å². The Labute approximate surface area is 424 Å². The molecule has 21 nitrogen and oxygen atoms in total. The van der Waals surface area contributed by atoms with Crippen LogP contribution in [0.5, 0.6) is 5.75 Å². The van der Waals surface area contributed by atoms with Crippen molar-refractivity contribution in [2.45, 2.75) is 181 Å². The van der Waals surface area contributed by atoms with Gasteiger partial charge in [0, 0.05) is 27.1 Å². The normalized spacial score (nSPS) is 26.5. The van der Waals surface area contributed by atoms with Gasteiger partial charge in [0.25, 0.3) is 11.8 Å². The van der Waals surface area contributed by atoms with Crippen molar-refractivity contribution >= 4 is 53.3 Å². The highest BCUT2D eigenvalue weighted by molar-refractivity contribution is 5.96. The molecular weight excluding hydrogens is 935 g/mol. The molecular formula is C51H81N7O14. The van der Waals surface area contributed by atoms with E-state index in [0.29, 0.717) is 17.7 Å². The number of amides is 7. The van der Waals surface area contributed by atoms with E-state index in [1.165, 1.54) is 51.8 Å². The van der Waals surface area contributed by atoms with Crippen LogP contribution in [0.2, 0.25) is 0 Å². The molecule has 0 bridgehead atoms. The van der Waals surface area contributed by atoms with Crippen LogP contribution in [0.25, 0.3) is 0 Å². The summed E-state index contributed by atoms with van der Waals surface area (Å²) in [6.07, 6.45) is -5.75. The molecule has 1 aromatic rings. The van der Waals surface area contributed by atoms with Crippen molar-refractivity contribution in [2.75, 3.05) is 27.7 Å². The van der Waals surface area contributed by atoms with E-state index in [1.807, 2.05) is 27.7 Å². The molecule has 72 heavy (non-hydrogen) atoms. The van der Waals surface area contributed by atoms with Crippen molar-refractivity contribution < 1.29 is 67.6 Å². The number of carbonyl (C=O) groups excluding carboxylic acids is 9. The van der Waals surface area contributed by atoms with Gasteiger partial charge < -0.3 is 60.4 Å². The zero-order valence-electron chi connectivity index (χ0n) is 44.6. The number of benzene rings is 1. The first-order valence-electron chi connectivity index (χ1n) is 25.0. The fourth-order valence-electron chi connectivity index (χ4n) is 8.87. The first-order chi connectivity index (χ1) is 33.6. The molecule has 3 rings (SSSR count). The molecule has 2 heterocycles. The summed E-state index contributed by atoms with van der Waals surface area (Å²) in [5.41, 5.74) is 0.569. The fourth-order valence-corrected chi connectivity index (χ4v) is 8.87. The summed E-state index contributed by atoms with van der Waals surface area (Å²) in [5.74, 6) is -8.19. The predicted molar refractivity (Wildman–Crippen MR) is 264 cm³/mol.